The summed E-state index contributed by atoms with van der Waals surface area (Å²) in [5, 5.41) is 2.60. The summed E-state index contributed by atoms with van der Waals surface area (Å²) in [6, 6.07) is 7.90. The van der Waals surface area contributed by atoms with E-state index in [1.807, 2.05) is 0 Å². The third kappa shape index (κ3) is 5.73. The number of rotatable bonds is 5. The maximum atomic E-state index is 12.1. The summed E-state index contributed by atoms with van der Waals surface area (Å²) in [7, 11) is 1.20. The number of nitrogens with one attached hydrogen (secondary N) is 1. The van der Waals surface area contributed by atoms with E-state index in [0.717, 1.165) is 0 Å². The number of methoxy groups -OCH3 is 1. The van der Waals surface area contributed by atoms with Crippen molar-refractivity contribution in [1.82, 2.24) is 5.32 Å². The van der Waals surface area contributed by atoms with Crippen LogP contribution in [0.1, 0.15) is 39.3 Å². The van der Waals surface area contributed by atoms with Gasteiger partial charge >= 0.3 is 12.1 Å². The lowest BCUT2D eigenvalue weighted by Crippen LogP contribution is -2.42. The second-order valence-electron chi connectivity index (χ2n) is 6.15. The molecule has 0 radical (unpaired) electrons. The second-order valence-corrected chi connectivity index (χ2v) is 6.15. The predicted molar refractivity (Wildman–Crippen MR) is 84.7 cm³/mol. The third-order valence-electron chi connectivity index (χ3n) is 3.06. The van der Waals surface area contributed by atoms with E-state index in [0.29, 0.717) is 5.56 Å². The van der Waals surface area contributed by atoms with Crippen molar-refractivity contribution >= 4 is 17.8 Å². The van der Waals surface area contributed by atoms with Gasteiger partial charge in [0.2, 0.25) is 0 Å². The highest BCUT2D eigenvalue weighted by Gasteiger charge is 2.36. The van der Waals surface area contributed by atoms with Gasteiger partial charge in [0.05, 0.1) is 13.2 Å². The van der Waals surface area contributed by atoms with E-state index in [-0.39, 0.29) is 0 Å². The summed E-state index contributed by atoms with van der Waals surface area (Å²) < 4.78 is 9.93. The molecular weight excluding hydrogens is 298 g/mol. The van der Waals surface area contributed by atoms with E-state index in [9.17, 15) is 14.4 Å². The number of carbonyl (C=O) groups excluding carboxylic acids is 3. The molecule has 23 heavy (non-hydrogen) atoms. The first-order chi connectivity index (χ1) is 10.7. The van der Waals surface area contributed by atoms with Crippen molar-refractivity contribution < 1.29 is 23.9 Å². The van der Waals surface area contributed by atoms with E-state index in [1.54, 1.807) is 51.1 Å². The molecule has 0 heterocycles. The Labute approximate surface area is 136 Å². The maximum absolute atomic E-state index is 12.1. The van der Waals surface area contributed by atoms with Crippen molar-refractivity contribution in [2.24, 2.45) is 5.92 Å². The van der Waals surface area contributed by atoms with Crippen LogP contribution in [0.2, 0.25) is 0 Å². The van der Waals surface area contributed by atoms with Crippen molar-refractivity contribution in [3.05, 3.63) is 35.9 Å². The lowest BCUT2D eigenvalue weighted by Gasteiger charge is -2.27. The summed E-state index contributed by atoms with van der Waals surface area (Å²) in [6.07, 6.45) is -0.707. The van der Waals surface area contributed by atoms with Crippen LogP contribution < -0.4 is 5.32 Å². The van der Waals surface area contributed by atoms with E-state index in [2.05, 4.69) is 5.32 Å². The van der Waals surface area contributed by atoms with Gasteiger partial charge in [-0.2, -0.15) is 0 Å². The van der Waals surface area contributed by atoms with Crippen LogP contribution >= 0.6 is 0 Å². The number of amides is 1. The summed E-state index contributed by atoms with van der Waals surface area (Å²) in [6.45, 7) is 6.47. The van der Waals surface area contributed by atoms with Crippen molar-refractivity contribution in [2.45, 2.75) is 39.3 Å². The molecule has 0 saturated carbocycles. The number of alkyl carbamates (subject to hydrolysis) is 1. The average Bonchev–Trinajstić information content (AvgIpc) is 2.44. The maximum Gasteiger partial charge on any atom is 0.408 e. The van der Waals surface area contributed by atoms with Crippen LogP contribution in [-0.4, -0.2) is 30.6 Å². The minimum absolute atomic E-state index is 0.401. The first kappa shape index (κ1) is 18.7. The molecule has 1 aromatic rings. The van der Waals surface area contributed by atoms with Crippen molar-refractivity contribution in [3.63, 3.8) is 0 Å². The first-order valence-electron chi connectivity index (χ1n) is 7.28. The highest BCUT2D eigenvalue weighted by molar-refractivity contribution is 5.99. The molecule has 1 unspecified atom stereocenters. The Morgan fingerprint density at radius 2 is 1.65 bits per heavy atom. The molecule has 0 aliphatic heterocycles. The zero-order valence-corrected chi connectivity index (χ0v) is 14.1. The zero-order valence-electron chi connectivity index (χ0n) is 14.1. The fourth-order valence-corrected chi connectivity index (χ4v) is 2.12. The molecule has 0 aromatic heterocycles. The smallest absolute Gasteiger partial charge is 0.408 e. The molecule has 6 heteroatoms. The molecule has 2 atom stereocenters. The van der Waals surface area contributed by atoms with Crippen LogP contribution in [0.25, 0.3) is 0 Å². The van der Waals surface area contributed by atoms with Crippen LogP contribution in [0.5, 0.6) is 0 Å². The Morgan fingerprint density at radius 3 is 2.09 bits per heavy atom. The molecule has 1 N–H and O–H groups in total. The van der Waals surface area contributed by atoms with Gasteiger partial charge in [0.15, 0.2) is 0 Å². The van der Waals surface area contributed by atoms with E-state index >= 15 is 0 Å². The van der Waals surface area contributed by atoms with Gasteiger partial charge in [-0.3, -0.25) is 9.59 Å². The highest BCUT2D eigenvalue weighted by Crippen LogP contribution is 2.25. The van der Waals surface area contributed by atoms with Crippen LogP contribution in [-0.2, 0) is 19.1 Å². The Balaban J connectivity index is 3.14. The Bertz CT molecular complexity index is 562. The molecule has 0 saturated heterocycles. The standard InChI is InChI=1S/C17H23NO5/c1-11(19)13(15(20)22-5)14(12-9-7-6-8-10-12)18-16(21)23-17(2,3)4/h6-10,13-14H,1-5H3,(H,18,21)/t13?,14-/m0/s1. The summed E-state index contributed by atoms with van der Waals surface area (Å²) in [5.41, 5.74) is -0.0774. The third-order valence-corrected chi connectivity index (χ3v) is 3.06. The van der Waals surface area contributed by atoms with Crippen LogP contribution in [0.4, 0.5) is 4.79 Å². The molecular formula is C17H23NO5. The van der Waals surface area contributed by atoms with Gasteiger partial charge in [-0.1, -0.05) is 30.3 Å². The van der Waals surface area contributed by atoms with Crippen molar-refractivity contribution in [2.75, 3.05) is 7.11 Å². The first-order valence-corrected chi connectivity index (χ1v) is 7.28. The number of ketones is 1. The van der Waals surface area contributed by atoms with Gasteiger partial charge in [-0.25, -0.2) is 4.79 Å². The van der Waals surface area contributed by atoms with Gasteiger partial charge < -0.3 is 14.8 Å². The molecule has 0 aliphatic carbocycles. The normalized spacial score (nSPS) is 13.6. The van der Waals surface area contributed by atoms with E-state index in [4.69, 9.17) is 9.47 Å². The van der Waals surface area contributed by atoms with Crippen molar-refractivity contribution in [3.8, 4) is 0 Å². The fourth-order valence-electron chi connectivity index (χ4n) is 2.12. The molecule has 0 fully saturated rings. The minimum atomic E-state index is -1.14. The number of benzene rings is 1. The van der Waals surface area contributed by atoms with Crippen LogP contribution in [0.15, 0.2) is 30.3 Å². The van der Waals surface area contributed by atoms with Gasteiger partial charge in [0.25, 0.3) is 0 Å². The average molecular weight is 321 g/mol. The monoisotopic (exact) mass is 321 g/mol. The molecule has 1 rings (SSSR count). The lowest BCUT2D eigenvalue weighted by atomic mass is 9.90. The molecule has 1 amide bonds. The topological polar surface area (TPSA) is 81.7 Å². The molecule has 0 bridgehead atoms. The zero-order chi connectivity index (χ0) is 17.6. The lowest BCUT2D eigenvalue weighted by molar-refractivity contribution is -0.150. The largest absolute Gasteiger partial charge is 0.468 e. The second kappa shape index (κ2) is 7.76. The van der Waals surface area contributed by atoms with E-state index in [1.165, 1.54) is 14.0 Å². The Hall–Kier alpha value is -2.37. The molecule has 0 aliphatic rings. The van der Waals surface area contributed by atoms with Gasteiger partial charge in [-0.05, 0) is 33.3 Å². The Kier molecular flexibility index (Phi) is 6.30. The van der Waals surface area contributed by atoms with Gasteiger partial charge in [0.1, 0.15) is 17.3 Å². The Morgan fingerprint density at radius 1 is 1.09 bits per heavy atom. The molecule has 6 nitrogen and oxygen atoms in total. The van der Waals surface area contributed by atoms with Gasteiger partial charge in [0, 0.05) is 0 Å². The summed E-state index contributed by atoms with van der Waals surface area (Å²) in [5.74, 6) is -2.25. The minimum Gasteiger partial charge on any atom is -0.468 e. The number of carbonyl (C=O) groups is 3. The summed E-state index contributed by atoms with van der Waals surface area (Å²) in [4.78, 5) is 36.0. The number of ether oxygens (including phenoxy) is 2. The van der Waals surface area contributed by atoms with E-state index < -0.39 is 35.4 Å². The quantitative estimate of drug-likeness (QED) is 0.666. The molecule has 126 valence electrons. The van der Waals surface area contributed by atoms with Crippen LogP contribution in [0.3, 0.4) is 0 Å². The number of hydrogen-bond acceptors (Lipinski definition) is 5. The number of Topliss-reactive ketones (excluding diaryl/α,β-unsaturated/α-hetero) is 1. The van der Waals surface area contributed by atoms with Crippen LogP contribution in [0, 0.1) is 5.92 Å². The number of esters is 1. The number of hydrogen-bond donors (Lipinski definition) is 1. The fraction of sp³-hybridized carbons (Fsp3) is 0.471. The molecule has 0 spiro atoms. The van der Waals surface area contributed by atoms with Crippen molar-refractivity contribution in [1.29, 1.82) is 0 Å². The van der Waals surface area contributed by atoms with Gasteiger partial charge in [-0.15, -0.1) is 0 Å². The summed E-state index contributed by atoms with van der Waals surface area (Å²) >= 11 is 0. The SMILES string of the molecule is COC(=O)C(C(C)=O)[C@@H](NC(=O)OC(C)(C)C)c1ccccc1. The highest BCUT2D eigenvalue weighted by atomic mass is 16.6. The molecule has 1 aromatic carbocycles. The predicted octanol–water partition coefficient (Wildman–Crippen LogP) is 2.63.